The summed E-state index contributed by atoms with van der Waals surface area (Å²) in [6.45, 7) is 1.83. The van der Waals surface area contributed by atoms with Gasteiger partial charge < -0.3 is 9.88 Å². The highest BCUT2D eigenvalue weighted by atomic mass is 32.2. The van der Waals surface area contributed by atoms with Crippen molar-refractivity contribution in [3.63, 3.8) is 0 Å². The number of sulfonamides is 1. The Kier molecular flexibility index (Phi) is 4.09. The zero-order valence-electron chi connectivity index (χ0n) is 13.7. The minimum atomic E-state index is -3.64. The van der Waals surface area contributed by atoms with E-state index in [0.717, 1.165) is 37.2 Å². The van der Waals surface area contributed by atoms with Crippen LogP contribution in [0.1, 0.15) is 28.2 Å². The largest absolute Gasteiger partial charge is 0.352 e. The lowest BCUT2D eigenvalue weighted by atomic mass is 9.98. The first-order valence-corrected chi connectivity index (χ1v) is 9.92. The number of aromatic nitrogens is 2. The van der Waals surface area contributed by atoms with Crippen LogP contribution >= 0.6 is 0 Å². The minimum absolute atomic E-state index is 0.139. The topological polar surface area (TPSA) is 93.1 Å². The van der Waals surface area contributed by atoms with Crippen LogP contribution in [0.5, 0.6) is 0 Å². The van der Waals surface area contributed by atoms with Crippen molar-refractivity contribution < 1.29 is 13.2 Å². The molecule has 1 aromatic carbocycles. The molecule has 1 unspecified atom stereocenters. The molecule has 0 saturated carbocycles. The Balaban J connectivity index is 1.47. The molecule has 4 rings (SSSR count). The minimum Gasteiger partial charge on any atom is -0.352 e. The van der Waals surface area contributed by atoms with E-state index in [4.69, 9.17) is 0 Å². The Morgan fingerprint density at radius 3 is 3.12 bits per heavy atom. The van der Waals surface area contributed by atoms with E-state index in [2.05, 4.69) is 19.6 Å². The number of amides is 1. The van der Waals surface area contributed by atoms with Gasteiger partial charge in [-0.1, -0.05) is 6.07 Å². The van der Waals surface area contributed by atoms with Crippen molar-refractivity contribution >= 4 is 15.9 Å². The van der Waals surface area contributed by atoms with E-state index in [0.29, 0.717) is 18.7 Å². The molecule has 8 heteroatoms. The zero-order chi connectivity index (χ0) is 17.4. The van der Waals surface area contributed by atoms with E-state index in [-0.39, 0.29) is 16.7 Å². The summed E-state index contributed by atoms with van der Waals surface area (Å²) >= 11 is 0. The maximum atomic E-state index is 12.6. The molecule has 0 saturated heterocycles. The number of imidazole rings is 1. The van der Waals surface area contributed by atoms with Crippen LogP contribution in [-0.4, -0.2) is 37.0 Å². The van der Waals surface area contributed by atoms with Crippen molar-refractivity contribution in [1.29, 1.82) is 0 Å². The predicted molar refractivity (Wildman–Crippen MR) is 91.7 cm³/mol. The lowest BCUT2D eigenvalue weighted by Crippen LogP contribution is -2.34. The first-order valence-electron chi connectivity index (χ1n) is 8.44. The molecular weight excluding hydrogens is 340 g/mol. The Morgan fingerprint density at radius 1 is 1.36 bits per heavy atom. The summed E-state index contributed by atoms with van der Waals surface area (Å²) in [6, 6.07) is 4.78. The van der Waals surface area contributed by atoms with Gasteiger partial charge in [0.05, 0.1) is 4.90 Å². The highest BCUT2D eigenvalue weighted by molar-refractivity contribution is 7.89. The van der Waals surface area contributed by atoms with Gasteiger partial charge in [-0.25, -0.2) is 18.1 Å². The highest BCUT2D eigenvalue weighted by Gasteiger charge is 2.24. The number of hydrogen-bond donors (Lipinski definition) is 2. The zero-order valence-corrected chi connectivity index (χ0v) is 14.6. The van der Waals surface area contributed by atoms with Gasteiger partial charge in [-0.3, -0.25) is 4.79 Å². The molecule has 132 valence electrons. The van der Waals surface area contributed by atoms with E-state index in [1.54, 1.807) is 18.3 Å². The second-order valence-electron chi connectivity index (χ2n) is 6.57. The van der Waals surface area contributed by atoms with Gasteiger partial charge in [0.2, 0.25) is 10.0 Å². The molecule has 2 aliphatic rings. The summed E-state index contributed by atoms with van der Waals surface area (Å²) < 4.78 is 30.0. The van der Waals surface area contributed by atoms with Crippen LogP contribution in [0.25, 0.3) is 0 Å². The van der Waals surface area contributed by atoms with Crippen LogP contribution < -0.4 is 10.0 Å². The molecule has 1 amide bonds. The second-order valence-corrected chi connectivity index (χ2v) is 8.34. The highest BCUT2D eigenvalue weighted by Crippen LogP contribution is 2.21. The summed E-state index contributed by atoms with van der Waals surface area (Å²) in [5, 5.41) is 2.74. The molecule has 0 aliphatic carbocycles. The van der Waals surface area contributed by atoms with Gasteiger partial charge in [0.1, 0.15) is 5.82 Å². The lowest BCUT2D eigenvalue weighted by Gasteiger charge is -2.23. The fraction of sp³-hybridized carbons (Fsp3) is 0.412. The molecule has 3 heterocycles. The van der Waals surface area contributed by atoms with Crippen molar-refractivity contribution in [3.05, 3.63) is 47.5 Å². The molecule has 0 bridgehead atoms. The van der Waals surface area contributed by atoms with Crippen LogP contribution in [0, 0.1) is 5.92 Å². The number of rotatable bonds is 4. The molecule has 0 fully saturated rings. The van der Waals surface area contributed by atoms with E-state index in [9.17, 15) is 13.2 Å². The van der Waals surface area contributed by atoms with E-state index < -0.39 is 10.0 Å². The Hall–Kier alpha value is -2.19. The maximum Gasteiger partial charge on any atom is 0.251 e. The van der Waals surface area contributed by atoms with Gasteiger partial charge in [-0.15, -0.1) is 0 Å². The SMILES string of the molecule is O=C1NCCc2ccc(S(=O)(=O)NCC3CCn4ccnc4C3)cc21. The molecule has 1 aromatic heterocycles. The van der Waals surface area contributed by atoms with Gasteiger partial charge in [0.15, 0.2) is 0 Å². The number of nitrogens with zero attached hydrogens (tertiary/aromatic N) is 2. The summed E-state index contributed by atoms with van der Waals surface area (Å²) in [7, 11) is -3.64. The molecule has 0 spiro atoms. The smallest absolute Gasteiger partial charge is 0.251 e. The van der Waals surface area contributed by atoms with Crippen LogP contribution in [0.4, 0.5) is 0 Å². The third-order valence-electron chi connectivity index (χ3n) is 4.93. The monoisotopic (exact) mass is 360 g/mol. The number of nitrogens with one attached hydrogen (secondary N) is 2. The molecule has 0 radical (unpaired) electrons. The molecule has 7 nitrogen and oxygen atoms in total. The van der Waals surface area contributed by atoms with Crippen molar-refractivity contribution in [1.82, 2.24) is 19.6 Å². The Bertz CT molecular complexity index is 920. The summed E-state index contributed by atoms with van der Waals surface area (Å²) in [5.74, 6) is 1.02. The Morgan fingerprint density at radius 2 is 2.24 bits per heavy atom. The van der Waals surface area contributed by atoms with Gasteiger partial charge in [0, 0.05) is 44.0 Å². The predicted octanol–water partition coefficient (Wildman–Crippen LogP) is 0.710. The van der Waals surface area contributed by atoms with Crippen LogP contribution in [0.2, 0.25) is 0 Å². The number of aryl methyl sites for hydroxylation is 1. The molecule has 2 N–H and O–H groups in total. The number of carbonyl (C=O) groups excluding carboxylic acids is 1. The van der Waals surface area contributed by atoms with Crippen molar-refractivity contribution in [2.45, 2.75) is 30.7 Å². The number of carbonyl (C=O) groups is 1. The molecule has 2 aliphatic heterocycles. The summed E-state index contributed by atoms with van der Waals surface area (Å²) in [5.41, 5.74) is 1.34. The van der Waals surface area contributed by atoms with E-state index in [1.807, 2.05) is 6.20 Å². The molecule has 2 aromatic rings. The average Bonchev–Trinajstić information content (AvgIpc) is 3.08. The van der Waals surface area contributed by atoms with Crippen molar-refractivity contribution in [2.24, 2.45) is 5.92 Å². The third kappa shape index (κ3) is 3.19. The van der Waals surface area contributed by atoms with Gasteiger partial charge in [0.25, 0.3) is 5.91 Å². The van der Waals surface area contributed by atoms with Crippen LogP contribution in [0.3, 0.4) is 0 Å². The van der Waals surface area contributed by atoms with Crippen molar-refractivity contribution in [2.75, 3.05) is 13.1 Å². The normalized spacial score (nSPS) is 19.8. The third-order valence-corrected chi connectivity index (χ3v) is 6.35. The summed E-state index contributed by atoms with van der Waals surface area (Å²) in [4.78, 5) is 16.4. The van der Waals surface area contributed by atoms with Gasteiger partial charge in [-0.2, -0.15) is 0 Å². The lowest BCUT2D eigenvalue weighted by molar-refractivity contribution is 0.0945. The maximum absolute atomic E-state index is 12.6. The second kappa shape index (κ2) is 6.27. The quantitative estimate of drug-likeness (QED) is 0.840. The number of hydrogen-bond acceptors (Lipinski definition) is 4. The standard InChI is InChI=1S/C17H20N4O3S/c22-17-15-10-14(2-1-13(15)3-5-19-17)25(23,24)20-11-12-4-7-21-8-6-18-16(21)9-12/h1-2,6,8,10,12,20H,3-5,7,9,11H2,(H,19,22). The van der Waals surface area contributed by atoms with Gasteiger partial charge in [-0.05, 0) is 36.5 Å². The molecular formula is C17H20N4O3S. The fourth-order valence-corrected chi connectivity index (χ4v) is 4.60. The average molecular weight is 360 g/mol. The van der Waals surface area contributed by atoms with E-state index >= 15 is 0 Å². The first-order chi connectivity index (χ1) is 12.0. The van der Waals surface area contributed by atoms with E-state index in [1.165, 1.54) is 6.07 Å². The summed E-state index contributed by atoms with van der Waals surface area (Å²) in [6.07, 6.45) is 6.14. The van der Waals surface area contributed by atoms with Gasteiger partial charge >= 0.3 is 0 Å². The Labute approximate surface area is 146 Å². The van der Waals surface area contributed by atoms with Crippen molar-refractivity contribution in [3.8, 4) is 0 Å². The number of fused-ring (bicyclic) bond motifs is 2. The molecule has 1 atom stereocenters. The van der Waals surface area contributed by atoms with Crippen LogP contribution in [-0.2, 0) is 29.4 Å². The van der Waals surface area contributed by atoms with Crippen LogP contribution in [0.15, 0.2) is 35.5 Å². The molecule has 25 heavy (non-hydrogen) atoms. The first kappa shape index (κ1) is 16.3. The number of benzene rings is 1. The fourth-order valence-electron chi connectivity index (χ4n) is 3.46.